The average Bonchev–Trinajstić information content (AvgIpc) is 2.43. The Labute approximate surface area is 128 Å². The number of aromatic amines is 1. The predicted molar refractivity (Wildman–Crippen MR) is 86.6 cm³/mol. The summed E-state index contributed by atoms with van der Waals surface area (Å²) in [5, 5.41) is 10.5. The quantitative estimate of drug-likeness (QED) is 0.685. The van der Waals surface area contributed by atoms with Gasteiger partial charge in [-0.25, -0.2) is 0 Å². The fourth-order valence-corrected chi connectivity index (χ4v) is 1.95. The standard InChI is InChI=1S/C15H18N4OS/c1-10-13(20)19(14(21)18-17-10)16-9-11-5-7-12(8-6-11)15(2,3)4/h5-9H,1-4H3,(H,18,21). The lowest BCUT2D eigenvalue weighted by molar-refractivity contribution is 0.590. The van der Waals surface area contributed by atoms with Gasteiger partial charge in [0, 0.05) is 0 Å². The normalized spacial score (nSPS) is 12.0. The van der Waals surface area contributed by atoms with Gasteiger partial charge in [-0.05, 0) is 35.7 Å². The maximum Gasteiger partial charge on any atom is 0.296 e. The van der Waals surface area contributed by atoms with Crippen molar-refractivity contribution in [3.63, 3.8) is 0 Å². The van der Waals surface area contributed by atoms with Gasteiger partial charge < -0.3 is 0 Å². The van der Waals surface area contributed by atoms with Crippen molar-refractivity contribution in [1.29, 1.82) is 0 Å². The van der Waals surface area contributed by atoms with E-state index in [1.807, 2.05) is 12.1 Å². The van der Waals surface area contributed by atoms with E-state index in [4.69, 9.17) is 12.2 Å². The van der Waals surface area contributed by atoms with Crippen molar-refractivity contribution in [2.75, 3.05) is 0 Å². The highest BCUT2D eigenvalue weighted by Gasteiger charge is 2.12. The van der Waals surface area contributed by atoms with Crippen molar-refractivity contribution in [3.8, 4) is 0 Å². The van der Waals surface area contributed by atoms with Crippen LogP contribution in [0.3, 0.4) is 0 Å². The van der Waals surface area contributed by atoms with E-state index in [1.165, 1.54) is 5.56 Å². The summed E-state index contributed by atoms with van der Waals surface area (Å²) in [6, 6.07) is 8.05. The van der Waals surface area contributed by atoms with E-state index >= 15 is 0 Å². The molecule has 0 aliphatic carbocycles. The second-order valence-corrected chi connectivity index (χ2v) is 6.23. The molecular weight excluding hydrogens is 284 g/mol. The molecule has 0 aliphatic heterocycles. The van der Waals surface area contributed by atoms with E-state index in [0.717, 1.165) is 10.2 Å². The zero-order valence-electron chi connectivity index (χ0n) is 12.5. The van der Waals surface area contributed by atoms with Crippen LogP contribution >= 0.6 is 12.2 Å². The van der Waals surface area contributed by atoms with Crippen LogP contribution in [0.4, 0.5) is 0 Å². The second-order valence-electron chi connectivity index (χ2n) is 5.85. The van der Waals surface area contributed by atoms with Gasteiger partial charge in [0.2, 0.25) is 4.77 Å². The molecule has 0 radical (unpaired) electrons. The summed E-state index contributed by atoms with van der Waals surface area (Å²) in [4.78, 5) is 11.9. The molecule has 6 heteroatoms. The lowest BCUT2D eigenvalue weighted by atomic mass is 9.87. The molecule has 1 aromatic heterocycles. The Hall–Kier alpha value is -2.08. The first-order chi connectivity index (χ1) is 9.79. The molecule has 0 atom stereocenters. The molecule has 1 aromatic carbocycles. The SMILES string of the molecule is Cc1n[nH]c(=S)n(N=Cc2ccc(C(C)(C)C)cc2)c1=O. The van der Waals surface area contributed by atoms with Crippen LogP contribution in [0.25, 0.3) is 0 Å². The van der Waals surface area contributed by atoms with Crippen LogP contribution in [0.2, 0.25) is 0 Å². The molecule has 0 unspecified atom stereocenters. The van der Waals surface area contributed by atoms with Gasteiger partial charge in [-0.1, -0.05) is 45.0 Å². The first kappa shape index (κ1) is 15.3. The summed E-state index contributed by atoms with van der Waals surface area (Å²) >= 11 is 5.02. The zero-order chi connectivity index (χ0) is 15.6. The minimum Gasteiger partial charge on any atom is -0.265 e. The van der Waals surface area contributed by atoms with Crippen LogP contribution in [0, 0.1) is 11.7 Å². The van der Waals surface area contributed by atoms with Gasteiger partial charge in [0.25, 0.3) is 5.56 Å². The second kappa shape index (κ2) is 5.73. The zero-order valence-corrected chi connectivity index (χ0v) is 13.4. The van der Waals surface area contributed by atoms with E-state index < -0.39 is 0 Å². The van der Waals surface area contributed by atoms with Gasteiger partial charge in [0.1, 0.15) is 5.69 Å². The van der Waals surface area contributed by atoms with Gasteiger partial charge in [-0.2, -0.15) is 14.9 Å². The summed E-state index contributed by atoms with van der Waals surface area (Å²) < 4.78 is 1.31. The Morgan fingerprint density at radius 2 is 1.90 bits per heavy atom. The van der Waals surface area contributed by atoms with Gasteiger partial charge in [0.05, 0.1) is 6.21 Å². The number of nitrogens with zero attached hydrogens (tertiary/aromatic N) is 3. The van der Waals surface area contributed by atoms with E-state index in [9.17, 15) is 4.79 Å². The summed E-state index contributed by atoms with van der Waals surface area (Å²) in [6.45, 7) is 8.09. The first-order valence-electron chi connectivity index (χ1n) is 6.62. The molecule has 0 saturated carbocycles. The number of rotatable bonds is 2. The monoisotopic (exact) mass is 302 g/mol. The van der Waals surface area contributed by atoms with E-state index in [-0.39, 0.29) is 15.7 Å². The molecule has 0 fully saturated rings. The minimum atomic E-state index is -0.318. The molecule has 2 rings (SSSR count). The fourth-order valence-electron chi connectivity index (χ4n) is 1.77. The minimum absolute atomic E-state index is 0.109. The number of nitrogens with one attached hydrogen (secondary N) is 1. The van der Waals surface area contributed by atoms with E-state index in [0.29, 0.717) is 5.69 Å². The maximum absolute atomic E-state index is 11.9. The molecule has 1 N–H and O–H groups in total. The molecule has 21 heavy (non-hydrogen) atoms. The van der Waals surface area contributed by atoms with Gasteiger partial charge >= 0.3 is 0 Å². The van der Waals surface area contributed by atoms with Gasteiger partial charge in [-0.15, -0.1) is 0 Å². The summed E-state index contributed by atoms with van der Waals surface area (Å²) in [7, 11) is 0. The molecule has 0 spiro atoms. The summed E-state index contributed by atoms with van der Waals surface area (Å²) in [5.41, 5.74) is 2.26. The van der Waals surface area contributed by atoms with Gasteiger partial charge in [0.15, 0.2) is 0 Å². The molecule has 0 saturated heterocycles. The highest BCUT2D eigenvalue weighted by molar-refractivity contribution is 7.71. The first-order valence-corrected chi connectivity index (χ1v) is 7.03. The number of aromatic nitrogens is 3. The summed E-state index contributed by atoms with van der Waals surface area (Å²) in [6.07, 6.45) is 1.61. The topological polar surface area (TPSA) is 63.0 Å². The molecule has 0 bridgehead atoms. The molecular formula is C15H18N4OS. The molecule has 5 nitrogen and oxygen atoms in total. The Kier molecular flexibility index (Phi) is 4.18. The summed E-state index contributed by atoms with van der Waals surface area (Å²) in [5.74, 6) is 0. The molecule has 0 amide bonds. The van der Waals surface area contributed by atoms with E-state index in [1.54, 1.807) is 13.1 Å². The fraction of sp³-hybridized carbons (Fsp3) is 0.333. The Balaban J connectivity index is 2.33. The third-order valence-electron chi connectivity index (χ3n) is 3.11. The highest BCUT2D eigenvalue weighted by atomic mass is 32.1. The Morgan fingerprint density at radius 3 is 2.48 bits per heavy atom. The Morgan fingerprint density at radius 1 is 1.29 bits per heavy atom. The third-order valence-corrected chi connectivity index (χ3v) is 3.38. The van der Waals surface area contributed by atoms with Crippen LogP contribution in [0.1, 0.15) is 37.6 Å². The number of hydrogen-bond donors (Lipinski definition) is 1. The van der Waals surface area contributed by atoms with Gasteiger partial charge in [-0.3, -0.25) is 9.89 Å². The third kappa shape index (κ3) is 3.52. The van der Waals surface area contributed by atoms with Crippen LogP contribution in [-0.2, 0) is 5.41 Å². The lowest BCUT2D eigenvalue weighted by Gasteiger charge is -2.18. The average molecular weight is 302 g/mol. The predicted octanol–water partition coefficient (Wildman–Crippen LogP) is 2.79. The van der Waals surface area contributed by atoms with Crippen molar-refractivity contribution in [1.82, 2.24) is 14.9 Å². The van der Waals surface area contributed by atoms with E-state index in [2.05, 4.69) is 48.2 Å². The molecule has 0 aliphatic rings. The molecule has 1 heterocycles. The number of hydrogen-bond acceptors (Lipinski definition) is 4. The number of aryl methyl sites for hydroxylation is 1. The van der Waals surface area contributed by atoms with Crippen molar-refractivity contribution in [2.24, 2.45) is 5.10 Å². The number of benzene rings is 1. The van der Waals surface area contributed by atoms with Crippen molar-refractivity contribution < 1.29 is 0 Å². The number of H-pyrrole nitrogens is 1. The van der Waals surface area contributed by atoms with Crippen LogP contribution in [0.15, 0.2) is 34.2 Å². The smallest absolute Gasteiger partial charge is 0.265 e. The Bertz CT molecular complexity index is 779. The molecule has 110 valence electrons. The van der Waals surface area contributed by atoms with Crippen molar-refractivity contribution in [3.05, 3.63) is 56.2 Å². The largest absolute Gasteiger partial charge is 0.296 e. The van der Waals surface area contributed by atoms with Crippen LogP contribution in [-0.4, -0.2) is 21.1 Å². The maximum atomic E-state index is 11.9. The highest BCUT2D eigenvalue weighted by Crippen LogP contribution is 2.21. The lowest BCUT2D eigenvalue weighted by Crippen LogP contribution is -2.22. The van der Waals surface area contributed by atoms with Crippen molar-refractivity contribution in [2.45, 2.75) is 33.1 Å². The van der Waals surface area contributed by atoms with Crippen LogP contribution < -0.4 is 5.56 Å². The molecule has 2 aromatic rings. The van der Waals surface area contributed by atoms with Crippen molar-refractivity contribution >= 4 is 18.4 Å². The van der Waals surface area contributed by atoms with Crippen LogP contribution in [0.5, 0.6) is 0 Å².